The predicted octanol–water partition coefficient (Wildman–Crippen LogP) is -0.445. The van der Waals surface area contributed by atoms with E-state index in [2.05, 4.69) is 20.8 Å². The Kier molecular flexibility index (Phi) is 1.35. The van der Waals surface area contributed by atoms with Gasteiger partial charge < -0.3 is 0 Å². The lowest BCUT2D eigenvalue weighted by atomic mass is 10.3. The van der Waals surface area contributed by atoms with Crippen molar-refractivity contribution in [3.63, 3.8) is 0 Å². The third kappa shape index (κ3) is 0.881. The van der Waals surface area contributed by atoms with Gasteiger partial charge >= 0.3 is 0 Å². The quantitative estimate of drug-likeness (QED) is 0.572. The van der Waals surface area contributed by atoms with E-state index in [0.29, 0.717) is 6.17 Å². The molecule has 1 fully saturated rings. The highest BCUT2D eigenvalue weighted by molar-refractivity contribution is 4.69. The van der Waals surface area contributed by atoms with Gasteiger partial charge in [-0.15, -0.1) is 5.10 Å². The maximum atomic E-state index is 3.79. The lowest BCUT2D eigenvalue weighted by Crippen LogP contribution is -2.20. The second-order valence-corrected chi connectivity index (χ2v) is 2.40. The molecular formula is C5H9N5. The standard InChI is InChI=1S/C5H9N5/c1-2-5(6-3-1)10-4-7-8-9-10/h4-6H,1-3H2/t5-/m0/s1. The van der Waals surface area contributed by atoms with Crippen LogP contribution in [0.4, 0.5) is 0 Å². The number of aromatic nitrogens is 4. The highest BCUT2D eigenvalue weighted by Crippen LogP contribution is 2.13. The molecule has 0 saturated carbocycles. The van der Waals surface area contributed by atoms with E-state index in [9.17, 15) is 0 Å². The van der Waals surface area contributed by atoms with Crippen LogP contribution in [0.5, 0.6) is 0 Å². The van der Waals surface area contributed by atoms with Gasteiger partial charge in [0.15, 0.2) is 0 Å². The van der Waals surface area contributed by atoms with Crippen molar-refractivity contribution in [3.8, 4) is 0 Å². The average molecular weight is 139 g/mol. The van der Waals surface area contributed by atoms with Crippen LogP contribution in [0, 0.1) is 0 Å². The molecule has 0 aliphatic carbocycles. The van der Waals surface area contributed by atoms with Crippen LogP contribution in [0.3, 0.4) is 0 Å². The normalized spacial score (nSPS) is 25.4. The minimum Gasteiger partial charge on any atom is -0.296 e. The third-order valence-electron chi connectivity index (χ3n) is 1.72. The van der Waals surface area contributed by atoms with Gasteiger partial charge in [-0.25, -0.2) is 4.68 Å². The molecule has 10 heavy (non-hydrogen) atoms. The molecule has 5 nitrogen and oxygen atoms in total. The number of nitrogens with one attached hydrogen (secondary N) is 1. The van der Waals surface area contributed by atoms with E-state index in [1.807, 2.05) is 0 Å². The molecule has 2 rings (SSSR count). The molecule has 0 unspecified atom stereocenters. The molecule has 1 aliphatic rings. The Morgan fingerprint density at radius 1 is 1.60 bits per heavy atom. The molecule has 0 radical (unpaired) electrons. The highest BCUT2D eigenvalue weighted by Gasteiger charge is 2.15. The van der Waals surface area contributed by atoms with Crippen LogP contribution < -0.4 is 5.32 Å². The number of rotatable bonds is 1. The van der Waals surface area contributed by atoms with Gasteiger partial charge in [0.1, 0.15) is 12.5 Å². The minimum absolute atomic E-state index is 0.329. The van der Waals surface area contributed by atoms with E-state index in [-0.39, 0.29) is 0 Å². The number of nitrogens with zero attached hydrogens (tertiary/aromatic N) is 4. The van der Waals surface area contributed by atoms with Crippen LogP contribution in [-0.2, 0) is 0 Å². The molecule has 1 aliphatic heterocycles. The van der Waals surface area contributed by atoms with Gasteiger partial charge in [0, 0.05) is 0 Å². The molecule has 0 amide bonds. The van der Waals surface area contributed by atoms with E-state index in [1.165, 1.54) is 6.42 Å². The molecule has 0 aromatic carbocycles. The molecule has 1 N–H and O–H groups in total. The van der Waals surface area contributed by atoms with E-state index in [0.717, 1.165) is 13.0 Å². The SMILES string of the molecule is c1nnnn1[C@H]1CCCN1. The summed E-state index contributed by atoms with van der Waals surface area (Å²) in [6.45, 7) is 1.07. The van der Waals surface area contributed by atoms with Crippen molar-refractivity contribution in [3.05, 3.63) is 6.33 Å². The maximum absolute atomic E-state index is 3.79. The largest absolute Gasteiger partial charge is 0.296 e. The van der Waals surface area contributed by atoms with Crippen molar-refractivity contribution in [1.82, 2.24) is 25.5 Å². The van der Waals surface area contributed by atoms with E-state index < -0.39 is 0 Å². The molecule has 0 bridgehead atoms. The van der Waals surface area contributed by atoms with Crippen LogP contribution >= 0.6 is 0 Å². The number of hydrogen-bond acceptors (Lipinski definition) is 4. The molecular weight excluding hydrogens is 130 g/mol. The predicted molar refractivity (Wildman–Crippen MR) is 34.1 cm³/mol. The molecule has 1 aromatic heterocycles. The minimum atomic E-state index is 0.329. The average Bonchev–Trinajstić information content (AvgIpc) is 2.59. The first kappa shape index (κ1) is 5.79. The van der Waals surface area contributed by atoms with Gasteiger partial charge in [0.2, 0.25) is 0 Å². The zero-order chi connectivity index (χ0) is 6.81. The van der Waals surface area contributed by atoms with Gasteiger partial charge in [-0.2, -0.15) is 0 Å². The number of hydrogen-bond donors (Lipinski definition) is 1. The van der Waals surface area contributed by atoms with Gasteiger partial charge in [-0.1, -0.05) is 0 Å². The maximum Gasteiger partial charge on any atom is 0.140 e. The van der Waals surface area contributed by atoms with Crippen molar-refractivity contribution in [1.29, 1.82) is 0 Å². The number of tetrazole rings is 1. The van der Waals surface area contributed by atoms with Gasteiger partial charge in [0.05, 0.1) is 0 Å². The summed E-state index contributed by atoms with van der Waals surface area (Å²) in [6.07, 6.45) is 4.31. The molecule has 0 spiro atoms. The summed E-state index contributed by atoms with van der Waals surface area (Å²) >= 11 is 0. The second kappa shape index (κ2) is 2.34. The zero-order valence-corrected chi connectivity index (χ0v) is 5.56. The Labute approximate surface area is 58.4 Å². The first-order chi connectivity index (χ1) is 4.97. The Hall–Kier alpha value is -0.970. The highest BCUT2D eigenvalue weighted by atomic mass is 15.6. The van der Waals surface area contributed by atoms with Crippen molar-refractivity contribution in [2.45, 2.75) is 19.0 Å². The van der Waals surface area contributed by atoms with Gasteiger partial charge in [-0.3, -0.25) is 5.32 Å². The van der Waals surface area contributed by atoms with Crippen LogP contribution in [0.15, 0.2) is 6.33 Å². The third-order valence-corrected chi connectivity index (χ3v) is 1.72. The summed E-state index contributed by atoms with van der Waals surface area (Å²) in [5, 5.41) is 14.2. The lowest BCUT2D eigenvalue weighted by Gasteiger charge is -2.06. The van der Waals surface area contributed by atoms with Crippen LogP contribution in [0.1, 0.15) is 19.0 Å². The van der Waals surface area contributed by atoms with Crippen molar-refractivity contribution < 1.29 is 0 Å². The molecule has 2 heterocycles. The summed E-state index contributed by atoms with van der Waals surface area (Å²) in [4.78, 5) is 0. The Balaban J connectivity index is 2.12. The zero-order valence-electron chi connectivity index (χ0n) is 5.56. The summed E-state index contributed by atoms with van der Waals surface area (Å²) < 4.78 is 1.76. The topological polar surface area (TPSA) is 55.6 Å². The van der Waals surface area contributed by atoms with Gasteiger partial charge in [0.25, 0.3) is 0 Å². The van der Waals surface area contributed by atoms with Gasteiger partial charge in [-0.05, 0) is 29.8 Å². The molecule has 5 heteroatoms. The van der Waals surface area contributed by atoms with E-state index in [4.69, 9.17) is 0 Å². The van der Waals surface area contributed by atoms with E-state index >= 15 is 0 Å². The Bertz CT molecular complexity index is 188. The molecule has 1 aromatic rings. The summed E-state index contributed by atoms with van der Waals surface area (Å²) in [5.74, 6) is 0. The Morgan fingerprint density at radius 3 is 3.20 bits per heavy atom. The summed E-state index contributed by atoms with van der Waals surface area (Å²) in [6, 6.07) is 0. The lowest BCUT2D eigenvalue weighted by molar-refractivity contribution is 0.414. The van der Waals surface area contributed by atoms with E-state index in [1.54, 1.807) is 11.0 Å². The monoisotopic (exact) mass is 139 g/mol. The fourth-order valence-electron chi connectivity index (χ4n) is 1.20. The first-order valence-corrected chi connectivity index (χ1v) is 3.43. The van der Waals surface area contributed by atoms with Crippen LogP contribution in [0.2, 0.25) is 0 Å². The Morgan fingerprint density at radius 2 is 2.60 bits per heavy atom. The van der Waals surface area contributed by atoms with Crippen molar-refractivity contribution in [2.24, 2.45) is 0 Å². The summed E-state index contributed by atoms with van der Waals surface area (Å²) in [5.41, 5.74) is 0. The summed E-state index contributed by atoms with van der Waals surface area (Å²) in [7, 11) is 0. The smallest absolute Gasteiger partial charge is 0.140 e. The van der Waals surface area contributed by atoms with Crippen LogP contribution in [0.25, 0.3) is 0 Å². The fourth-order valence-corrected chi connectivity index (χ4v) is 1.20. The molecule has 1 atom stereocenters. The molecule has 1 saturated heterocycles. The van der Waals surface area contributed by atoms with Crippen LogP contribution in [-0.4, -0.2) is 26.8 Å². The molecule has 54 valence electrons. The van der Waals surface area contributed by atoms with Crippen molar-refractivity contribution in [2.75, 3.05) is 6.54 Å². The second-order valence-electron chi connectivity index (χ2n) is 2.40. The fraction of sp³-hybridized carbons (Fsp3) is 0.800. The van der Waals surface area contributed by atoms with Crippen molar-refractivity contribution >= 4 is 0 Å². The first-order valence-electron chi connectivity index (χ1n) is 3.43.